The number of furan rings is 1. The van der Waals surface area contributed by atoms with Crippen LogP contribution in [0.1, 0.15) is 17.9 Å². The van der Waals surface area contributed by atoms with Gasteiger partial charge in [0.25, 0.3) is 0 Å². The van der Waals surface area contributed by atoms with Gasteiger partial charge in [-0.2, -0.15) is 4.31 Å². The number of aliphatic hydroxyl groups excluding tert-OH is 1. The van der Waals surface area contributed by atoms with E-state index in [0.717, 1.165) is 4.31 Å². The van der Waals surface area contributed by atoms with Gasteiger partial charge in [-0.15, -0.1) is 0 Å². The molecule has 1 fully saturated rings. The molecule has 0 aromatic carbocycles. The average molecular weight is 323 g/mol. The molecule has 9 heteroatoms. The van der Waals surface area contributed by atoms with Crippen LogP contribution >= 0.6 is 0 Å². The van der Waals surface area contributed by atoms with E-state index in [-0.39, 0.29) is 27.9 Å². The van der Waals surface area contributed by atoms with Crippen LogP contribution in [0.2, 0.25) is 0 Å². The van der Waals surface area contributed by atoms with Crippen molar-refractivity contribution in [3.63, 3.8) is 0 Å². The maximum atomic E-state index is 12.5. The first-order chi connectivity index (χ1) is 9.17. The van der Waals surface area contributed by atoms with Crippen molar-refractivity contribution in [3.8, 4) is 0 Å². The molecule has 2 heterocycles. The lowest BCUT2D eigenvalue weighted by molar-refractivity contribution is 0.244. The van der Waals surface area contributed by atoms with Gasteiger partial charge in [-0.1, -0.05) is 0 Å². The highest BCUT2D eigenvalue weighted by atomic mass is 32.2. The summed E-state index contributed by atoms with van der Waals surface area (Å²) in [6.45, 7) is 1.10. The van der Waals surface area contributed by atoms with Crippen molar-refractivity contribution in [3.05, 3.63) is 17.6 Å². The summed E-state index contributed by atoms with van der Waals surface area (Å²) in [4.78, 5) is -0.0339. The fourth-order valence-corrected chi connectivity index (χ4v) is 5.71. The van der Waals surface area contributed by atoms with Crippen LogP contribution in [0.3, 0.4) is 0 Å². The molecular formula is C11H17NO6S2. The highest BCUT2D eigenvalue weighted by Crippen LogP contribution is 2.27. The summed E-state index contributed by atoms with van der Waals surface area (Å²) < 4.78 is 54.1. The second kappa shape index (κ2) is 5.14. The van der Waals surface area contributed by atoms with E-state index in [1.54, 1.807) is 0 Å². The maximum absolute atomic E-state index is 12.5. The molecule has 20 heavy (non-hydrogen) atoms. The van der Waals surface area contributed by atoms with Crippen LogP contribution in [-0.4, -0.2) is 50.8 Å². The van der Waals surface area contributed by atoms with E-state index >= 15 is 0 Å². The zero-order chi connectivity index (χ0) is 15.1. The molecule has 0 saturated carbocycles. The van der Waals surface area contributed by atoms with Crippen molar-refractivity contribution in [2.45, 2.75) is 30.9 Å². The van der Waals surface area contributed by atoms with Crippen molar-refractivity contribution in [2.24, 2.45) is 0 Å². The third-order valence-electron chi connectivity index (χ3n) is 3.46. The third kappa shape index (κ3) is 2.76. The summed E-state index contributed by atoms with van der Waals surface area (Å²) in [7, 11) is -5.62. The molecule has 1 unspecified atom stereocenters. The van der Waals surface area contributed by atoms with Crippen LogP contribution in [0, 0.1) is 6.92 Å². The summed E-state index contributed by atoms with van der Waals surface area (Å²) >= 11 is 0. The highest BCUT2D eigenvalue weighted by molar-refractivity contribution is 7.92. The number of nitrogens with zero attached hydrogens (tertiary/aromatic N) is 1. The van der Waals surface area contributed by atoms with E-state index in [1.165, 1.54) is 20.0 Å². The fraction of sp³-hybridized carbons (Fsp3) is 0.636. The summed E-state index contributed by atoms with van der Waals surface area (Å²) in [5, 5.41) is 8.98. The van der Waals surface area contributed by atoms with Crippen molar-refractivity contribution >= 4 is 19.9 Å². The predicted molar refractivity (Wildman–Crippen MR) is 71.4 cm³/mol. The first-order valence-electron chi connectivity index (χ1n) is 6.06. The molecule has 1 aliphatic rings. The topological polar surface area (TPSA) is 105 Å². The molecule has 7 nitrogen and oxygen atoms in total. The first-order valence-corrected chi connectivity index (χ1v) is 9.32. The molecular weight excluding hydrogens is 306 g/mol. The molecule has 1 aliphatic heterocycles. The fourth-order valence-electron chi connectivity index (χ4n) is 2.27. The average Bonchev–Trinajstić information content (AvgIpc) is 2.91. The molecule has 0 amide bonds. The van der Waals surface area contributed by atoms with Gasteiger partial charge in [0.15, 0.2) is 9.84 Å². The molecule has 0 bridgehead atoms. The Labute approximate surface area is 118 Å². The number of aryl methyl sites for hydroxylation is 1. The van der Waals surface area contributed by atoms with E-state index in [2.05, 4.69) is 0 Å². The molecule has 114 valence electrons. The Morgan fingerprint density at radius 1 is 1.50 bits per heavy atom. The lowest BCUT2D eigenvalue weighted by Crippen LogP contribution is -2.37. The number of sulfone groups is 1. The minimum absolute atomic E-state index is 0.00376. The van der Waals surface area contributed by atoms with Gasteiger partial charge >= 0.3 is 0 Å². The monoisotopic (exact) mass is 323 g/mol. The number of sulfonamides is 1. The third-order valence-corrected chi connectivity index (χ3v) is 7.23. The van der Waals surface area contributed by atoms with Gasteiger partial charge in [-0.3, -0.25) is 0 Å². The van der Waals surface area contributed by atoms with Crippen LogP contribution in [0.25, 0.3) is 0 Å². The minimum atomic E-state index is -3.83. The van der Waals surface area contributed by atoms with Crippen LogP contribution in [0.4, 0.5) is 0 Å². The molecule has 0 radical (unpaired) electrons. The zero-order valence-corrected chi connectivity index (χ0v) is 12.9. The molecule has 2 rings (SSSR count). The van der Waals surface area contributed by atoms with E-state index in [0.29, 0.717) is 6.42 Å². The number of hydrogen-bond donors (Lipinski definition) is 1. The van der Waals surface area contributed by atoms with Crippen molar-refractivity contribution in [1.82, 2.24) is 4.31 Å². The summed E-state index contributed by atoms with van der Waals surface area (Å²) in [5.74, 6) is 0.186. The predicted octanol–water partition coefficient (Wildman–Crippen LogP) is -0.112. The maximum Gasteiger partial charge on any atom is 0.246 e. The highest BCUT2D eigenvalue weighted by Gasteiger charge is 2.37. The van der Waals surface area contributed by atoms with Crippen molar-refractivity contribution < 1.29 is 26.4 Å². The number of rotatable bonds is 4. The van der Waals surface area contributed by atoms with Gasteiger partial charge in [-0.05, 0) is 13.3 Å². The Kier molecular flexibility index (Phi) is 3.98. The minimum Gasteiger partial charge on any atom is -0.462 e. The molecule has 1 atom stereocenters. The smallest absolute Gasteiger partial charge is 0.246 e. The Balaban J connectivity index is 2.32. The van der Waals surface area contributed by atoms with E-state index < -0.39 is 32.5 Å². The molecule has 0 aliphatic carbocycles. The van der Waals surface area contributed by atoms with Gasteiger partial charge in [-0.25, -0.2) is 16.8 Å². The van der Waals surface area contributed by atoms with E-state index in [9.17, 15) is 16.8 Å². The Hall–Kier alpha value is -0.900. The van der Waals surface area contributed by atoms with Gasteiger partial charge in [0.2, 0.25) is 10.0 Å². The molecule has 1 saturated heterocycles. The number of hydrogen-bond acceptors (Lipinski definition) is 6. The Morgan fingerprint density at radius 2 is 2.15 bits per heavy atom. The van der Waals surface area contributed by atoms with Crippen LogP contribution in [-0.2, 0) is 26.5 Å². The van der Waals surface area contributed by atoms with Gasteiger partial charge in [0.1, 0.15) is 23.0 Å². The zero-order valence-electron chi connectivity index (χ0n) is 11.2. The van der Waals surface area contributed by atoms with E-state index in [4.69, 9.17) is 9.52 Å². The Morgan fingerprint density at radius 3 is 2.60 bits per heavy atom. The van der Waals surface area contributed by atoms with Crippen molar-refractivity contribution in [1.29, 1.82) is 0 Å². The molecule has 1 aromatic rings. The van der Waals surface area contributed by atoms with Gasteiger partial charge < -0.3 is 9.52 Å². The largest absolute Gasteiger partial charge is 0.462 e. The van der Waals surface area contributed by atoms with E-state index in [1.807, 2.05) is 0 Å². The first kappa shape index (κ1) is 15.5. The summed E-state index contributed by atoms with van der Waals surface area (Å²) in [5.41, 5.74) is 0. The number of aliphatic hydroxyl groups is 1. The lowest BCUT2D eigenvalue weighted by atomic mass is 10.3. The Bertz CT molecular complexity index is 703. The van der Waals surface area contributed by atoms with Crippen LogP contribution in [0.5, 0.6) is 0 Å². The molecule has 0 spiro atoms. The summed E-state index contributed by atoms with van der Waals surface area (Å²) in [6, 6.07) is 0.710. The lowest BCUT2D eigenvalue weighted by Gasteiger charge is -2.22. The second-order valence-electron chi connectivity index (χ2n) is 4.87. The normalized spacial score (nSPS) is 22.5. The molecule has 1 N–H and O–H groups in total. The van der Waals surface area contributed by atoms with Crippen molar-refractivity contribution in [2.75, 3.05) is 18.6 Å². The quantitative estimate of drug-likeness (QED) is 0.829. The van der Waals surface area contributed by atoms with Crippen LogP contribution in [0.15, 0.2) is 15.4 Å². The van der Waals surface area contributed by atoms with Gasteiger partial charge in [0.05, 0.1) is 11.5 Å². The van der Waals surface area contributed by atoms with Crippen LogP contribution < -0.4 is 0 Å². The second-order valence-corrected chi connectivity index (χ2v) is 9.06. The SMILES string of the molecule is Cc1oc(CO)cc1S(=O)(=O)N(C)C1CCS(=O)(=O)C1. The molecule has 1 aromatic heterocycles. The standard InChI is InChI=1S/C11H17NO6S2/c1-8-11(5-10(6-13)18-8)20(16,17)12(2)9-3-4-19(14,15)7-9/h5,9,13H,3-4,6-7H2,1-2H3. The summed E-state index contributed by atoms with van der Waals surface area (Å²) in [6.07, 6.45) is 0.293. The van der Waals surface area contributed by atoms with Gasteiger partial charge in [0, 0.05) is 19.2 Å².